The molecule has 3 rings (SSSR count). The van der Waals surface area contributed by atoms with Gasteiger partial charge in [0, 0.05) is 18.0 Å². The molecular formula is C22H22N2O4S2. The van der Waals surface area contributed by atoms with Crippen LogP contribution in [0.5, 0.6) is 5.75 Å². The highest BCUT2D eigenvalue weighted by molar-refractivity contribution is 8.18. The van der Waals surface area contributed by atoms with Gasteiger partial charge in [-0.3, -0.25) is 19.3 Å². The van der Waals surface area contributed by atoms with E-state index in [1.807, 2.05) is 48.7 Å². The first-order chi connectivity index (χ1) is 14.5. The Kier molecular flexibility index (Phi) is 7.59. The molecule has 0 atom stereocenters. The molecule has 0 aromatic heterocycles. The minimum absolute atomic E-state index is 0.136. The van der Waals surface area contributed by atoms with Crippen LogP contribution < -0.4 is 10.1 Å². The second kappa shape index (κ2) is 10.4. The van der Waals surface area contributed by atoms with Gasteiger partial charge in [0.2, 0.25) is 5.91 Å². The van der Waals surface area contributed by atoms with E-state index in [1.54, 1.807) is 31.0 Å². The summed E-state index contributed by atoms with van der Waals surface area (Å²) in [4.78, 5) is 39.6. The van der Waals surface area contributed by atoms with Gasteiger partial charge in [0.1, 0.15) is 5.75 Å². The van der Waals surface area contributed by atoms with E-state index in [9.17, 15) is 14.4 Å². The summed E-state index contributed by atoms with van der Waals surface area (Å²) in [5.41, 5.74) is 1.69. The molecule has 3 amide bonds. The quantitative estimate of drug-likeness (QED) is 0.495. The van der Waals surface area contributed by atoms with Crippen molar-refractivity contribution < 1.29 is 19.1 Å². The molecule has 0 bridgehead atoms. The number of methoxy groups -OCH3 is 1. The zero-order valence-electron chi connectivity index (χ0n) is 16.7. The predicted molar refractivity (Wildman–Crippen MR) is 121 cm³/mol. The first-order valence-electron chi connectivity index (χ1n) is 9.29. The number of imide groups is 1. The number of carbonyl (C=O) groups is 3. The molecule has 1 fully saturated rings. The smallest absolute Gasteiger partial charge is 0.293 e. The predicted octanol–water partition coefficient (Wildman–Crippen LogP) is 3.81. The Morgan fingerprint density at radius 2 is 1.97 bits per heavy atom. The lowest BCUT2D eigenvalue weighted by atomic mass is 10.1. The number of benzene rings is 2. The Morgan fingerprint density at radius 1 is 1.20 bits per heavy atom. The second-order valence-electron chi connectivity index (χ2n) is 6.48. The molecule has 1 aliphatic heterocycles. The molecule has 8 heteroatoms. The Labute approximate surface area is 184 Å². The van der Waals surface area contributed by atoms with Crippen LogP contribution in [-0.2, 0) is 16.0 Å². The van der Waals surface area contributed by atoms with Crippen molar-refractivity contribution in [2.75, 3.05) is 26.5 Å². The second-order valence-corrected chi connectivity index (χ2v) is 8.36. The van der Waals surface area contributed by atoms with Gasteiger partial charge in [-0.05, 0) is 59.5 Å². The van der Waals surface area contributed by atoms with Gasteiger partial charge in [-0.2, -0.15) is 0 Å². The zero-order valence-corrected chi connectivity index (χ0v) is 18.3. The largest absolute Gasteiger partial charge is 0.497 e. The summed E-state index contributed by atoms with van der Waals surface area (Å²) in [5, 5.41) is 2.43. The number of rotatable bonds is 8. The summed E-state index contributed by atoms with van der Waals surface area (Å²) < 4.78 is 5.15. The fourth-order valence-corrected chi connectivity index (χ4v) is 4.16. The Hall–Kier alpha value is -2.71. The molecule has 6 nitrogen and oxygen atoms in total. The van der Waals surface area contributed by atoms with E-state index in [1.165, 1.54) is 4.90 Å². The van der Waals surface area contributed by atoms with Crippen LogP contribution >= 0.6 is 23.5 Å². The monoisotopic (exact) mass is 442 g/mol. The number of thioether (sulfide) groups is 2. The summed E-state index contributed by atoms with van der Waals surface area (Å²) in [6.07, 6.45) is 3.91. The van der Waals surface area contributed by atoms with Crippen molar-refractivity contribution in [3.8, 4) is 5.75 Å². The van der Waals surface area contributed by atoms with Crippen molar-refractivity contribution in [2.45, 2.75) is 11.3 Å². The summed E-state index contributed by atoms with van der Waals surface area (Å²) in [7, 11) is 1.57. The highest BCUT2D eigenvalue weighted by Gasteiger charge is 2.34. The number of nitrogens with zero attached hydrogens (tertiary/aromatic N) is 1. The fourth-order valence-electron chi connectivity index (χ4n) is 2.88. The highest BCUT2D eigenvalue weighted by atomic mass is 32.2. The summed E-state index contributed by atoms with van der Waals surface area (Å²) >= 11 is 2.56. The molecule has 1 heterocycles. The first kappa shape index (κ1) is 22.0. The zero-order chi connectivity index (χ0) is 21.5. The van der Waals surface area contributed by atoms with E-state index >= 15 is 0 Å². The van der Waals surface area contributed by atoms with Gasteiger partial charge >= 0.3 is 0 Å². The SMILES string of the molecule is COc1cccc(CC(=O)NCCN2C(=O)S/C(=C/c3ccc(SC)cc3)C2=O)c1. The van der Waals surface area contributed by atoms with Crippen LogP contribution in [0.2, 0.25) is 0 Å². The van der Waals surface area contributed by atoms with Crippen LogP contribution in [0.3, 0.4) is 0 Å². The van der Waals surface area contributed by atoms with Crippen LogP contribution in [0.25, 0.3) is 6.08 Å². The van der Waals surface area contributed by atoms with Gasteiger partial charge in [-0.15, -0.1) is 11.8 Å². The maximum atomic E-state index is 12.6. The fraction of sp³-hybridized carbons (Fsp3) is 0.227. The van der Waals surface area contributed by atoms with E-state index in [0.29, 0.717) is 10.7 Å². The summed E-state index contributed by atoms with van der Waals surface area (Å²) in [5.74, 6) is 0.175. The number of hydrogen-bond acceptors (Lipinski definition) is 6. The molecule has 156 valence electrons. The molecule has 1 saturated heterocycles. The third-order valence-electron chi connectivity index (χ3n) is 4.44. The van der Waals surface area contributed by atoms with Gasteiger partial charge < -0.3 is 10.1 Å². The van der Waals surface area contributed by atoms with E-state index in [4.69, 9.17) is 4.74 Å². The normalized spacial score (nSPS) is 15.0. The van der Waals surface area contributed by atoms with Crippen molar-refractivity contribution >= 4 is 46.7 Å². The molecular weight excluding hydrogens is 420 g/mol. The topological polar surface area (TPSA) is 75.7 Å². The van der Waals surface area contributed by atoms with Crippen molar-refractivity contribution in [3.63, 3.8) is 0 Å². The average molecular weight is 443 g/mol. The minimum atomic E-state index is -0.332. The maximum absolute atomic E-state index is 12.6. The van der Waals surface area contributed by atoms with E-state index < -0.39 is 0 Å². The number of nitrogens with one attached hydrogen (secondary N) is 1. The molecule has 0 radical (unpaired) electrons. The van der Waals surface area contributed by atoms with Gasteiger partial charge in [-0.1, -0.05) is 24.3 Å². The molecule has 0 unspecified atom stereocenters. The average Bonchev–Trinajstić information content (AvgIpc) is 3.01. The van der Waals surface area contributed by atoms with Crippen LogP contribution in [0, 0.1) is 0 Å². The van der Waals surface area contributed by atoms with Gasteiger partial charge in [0.15, 0.2) is 0 Å². The third kappa shape index (κ3) is 5.67. The van der Waals surface area contributed by atoms with Crippen molar-refractivity contribution in [2.24, 2.45) is 0 Å². The van der Waals surface area contributed by atoms with Gasteiger partial charge in [0.05, 0.1) is 18.4 Å². The third-order valence-corrected chi connectivity index (χ3v) is 6.09. The van der Waals surface area contributed by atoms with Crippen LogP contribution in [0.1, 0.15) is 11.1 Å². The van der Waals surface area contributed by atoms with Gasteiger partial charge in [-0.25, -0.2) is 0 Å². The van der Waals surface area contributed by atoms with Crippen LogP contribution in [0.4, 0.5) is 4.79 Å². The number of carbonyl (C=O) groups excluding carboxylic acids is 3. The lowest BCUT2D eigenvalue weighted by molar-refractivity contribution is -0.124. The molecule has 0 aliphatic carbocycles. The van der Waals surface area contributed by atoms with E-state index in [0.717, 1.165) is 27.8 Å². The van der Waals surface area contributed by atoms with Crippen molar-refractivity contribution in [1.82, 2.24) is 10.2 Å². The molecule has 0 spiro atoms. The minimum Gasteiger partial charge on any atom is -0.497 e. The molecule has 30 heavy (non-hydrogen) atoms. The van der Waals surface area contributed by atoms with E-state index in [2.05, 4.69) is 5.32 Å². The number of ether oxygens (including phenoxy) is 1. The Morgan fingerprint density at radius 3 is 2.67 bits per heavy atom. The Balaban J connectivity index is 1.52. The van der Waals surface area contributed by atoms with Crippen molar-refractivity contribution in [1.29, 1.82) is 0 Å². The van der Waals surface area contributed by atoms with Crippen molar-refractivity contribution in [3.05, 3.63) is 64.6 Å². The summed E-state index contributed by atoms with van der Waals surface area (Å²) in [6.45, 7) is 0.341. The molecule has 1 N–H and O–H groups in total. The summed E-state index contributed by atoms with van der Waals surface area (Å²) in [6, 6.07) is 15.0. The molecule has 1 aliphatic rings. The highest BCUT2D eigenvalue weighted by Crippen LogP contribution is 2.32. The number of hydrogen-bond donors (Lipinski definition) is 1. The molecule has 2 aromatic carbocycles. The Bertz CT molecular complexity index is 973. The molecule has 2 aromatic rings. The van der Waals surface area contributed by atoms with Crippen LogP contribution in [0.15, 0.2) is 58.3 Å². The first-order valence-corrected chi connectivity index (χ1v) is 11.3. The number of amides is 3. The standard InChI is InChI=1S/C22H22N2O4S2/c1-28-17-5-3-4-16(12-17)14-20(25)23-10-11-24-21(26)19(30-22(24)27)13-15-6-8-18(29-2)9-7-15/h3-9,12-13H,10-11,14H2,1-2H3,(H,23,25)/b19-13+. The van der Waals surface area contributed by atoms with Crippen LogP contribution in [-0.4, -0.2) is 48.4 Å². The lowest BCUT2D eigenvalue weighted by Crippen LogP contribution is -2.37. The maximum Gasteiger partial charge on any atom is 0.293 e. The van der Waals surface area contributed by atoms with E-state index in [-0.39, 0.29) is 36.6 Å². The van der Waals surface area contributed by atoms with Gasteiger partial charge in [0.25, 0.3) is 11.1 Å². The molecule has 0 saturated carbocycles. The lowest BCUT2D eigenvalue weighted by Gasteiger charge is -2.13.